The molecular formula is C28H33N5O4. The molecule has 2 heterocycles. The number of carbonyl (C=O) groups is 1. The van der Waals surface area contributed by atoms with Crippen LogP contribution in [-0.4, -0.2) is 38.2 Å². The maximum atomic E-state index is 11.8. The summed E-state index contributed by atoms with van der Waals surface area (Å²) in [4.78, 5) is 22.9. The van der Waals surface area contributed by atoms with Crippen LogP contribution in [0.2, 0.25) is 0 Å². The zero-order valence-electron chi connectivity index (χ0n) is 21.8. The zero-order chi connectivity index (χ0) is 26.0. The van der Waals surface area contributed by atoms with Gasteiger partial charge in [0.05, 0.1) is 0 Å². The van der Waals surface area contributed by atoms with Crippen molar-refractivity contribution >= 4 is 11.7 Å². The summed E-state index contributed by atoms with van der Waals surface area (Å²) in [6.07, 6.45) is 10.2. The maximum Gasteiger partial charge on any atom is 0.266 e. The fraction of sp³-hybridized carbons (Fsp3) is 0.464. The van der Waals surface area contributed by atoms with E-state index in [1.54, 1.807) is 27.7 Å². The Kier molecular flexibility index (Phi) is 6.95. The van der Waals surface area contributed by atoms with Crippen molar-refractivity contribution in [2.75, 3.05) is 11.4 Å². The second kappa shape index (κ2) is 10.3. The van der Waals surface area contributed by atoms with Crippen molar-refractivity contribution in [2.24, 2.45) is 5.92 Å². The summed E-state index contributed by atoms with van der Waals surface area (Å²) < 4.78 is 16.6. The average Bonchev–Trinajstić information content (AvgIpc) is 3.44. The third-order valence-electron chi connectivity index (χ3n) is 6.90. The van der Waals surface area contributed by atoms with Gasteiger partial charge in [0.25, 0.3) is 5.95 Å². The molecule has 37 heavy (non-hydrogen) atoms. The minimum absolute atomic E-state index is 0.00306. The number of aryl methyl sites for hydroxylation is 1. The Morgan fingerprint density at radius 2 is 1.92 bits per heavy atom. The van der Waals surface area contributed by atoms with Crippen LogP contribution in [-0.2, 0) is 16.1 Å². The van der Waals surface area contributed by atoms with Crippen molar-refractivity contribution in [3.63, 3.8) is 0 Å². The van der Waals surface area contributed by atoms with E-state index in [2.05, 4.69) is 49.5 Å². The van der Waals surface area contributed by atoms with E-state index in [0.717, 1.165) is 55.0 Å². The number of rotatable bonds is 11. The molecule has 0 spiro atoms. The van der Waals surface area contributed by atoms with Crippen molar-refractivity contribution in [3.8, 4) is 11.4 Å². The SMILES string of the molecule is CC(=O)C(C)(C)OC1=CC[C@H](CCN(Cc2ccc(-c3noc(C4CC4)n3)cc2)c2noc(C)n2)C=C1. The highest BCUT2D eigenvalue weighted by molar-refractivity contribution is 5.84. The average molecular weight is 504 g/mol. The van der Waals surface area contributed by atoms with Gasteiger partial charge >= 0.3 is 0 Å². The van der Waals surface area contributed by atoms with Gasteiger partial charge in [-0.2, -0.15) is 9.97 Å². The minimum atomic E-state index is -0.824. The Morgan fingerprint density at radius 1 is 1.14 bits per heavy atom. The van der Waals surface area contributed by atoms with Crippen LogP contribution < -0.4 is 4.90 Å². The number of anilines is 1. The summed E-state index contributed by atoms with van der Waals surface area (Å²) >= 11 is 0. The highest BCUT2D eigenvalue weighted by Gasteiger charge is 2.30. The van der Waals surface area contributed by atoms with E-state index in [9.17, 15) is 4.79 Å². The lowest BCUT2D eigenvalue weighted by molar-refractivity contribution is -0.133. The van der Waals surface area contributed by atoms with Gasteiger partial charge in [0, 0.05) is 31.5 Å². The molecule has 2 aromatic heterocycles. The quantitative estimate of drug-likeness (QED) is 0.333. The van der Waals surface area contributed by atoms with E-state index in [1.807, 2.05) is 18.2 Å². The first kappa shape index (κ1) is 24.9. The number of Topliss-reactive ketones (excluding diaryl/α,β-unsaturated/α-hetero) is 1. The molecule has 9 heteroatoms. The molecule has 0 saturated heterocycles. The first-order chi connectivity index (χ1) is 17.8. The highest BCUT2D eigenvalue weighted by atomic mass is 16.5. The number of hydrogen-bond acceptors (Lipinski definition) is 9. The first-order valence-electron chi connectivity index (χ1n) is 12.8. The molecule has 1 fully saturated rings. The van der Waals surface area contributed by atoms with E-state index in [0.29, 0.717) is 36.0 Å². The lowest BCUT2D eigenvalue weighted by Crippen LogP contribution is -2.32. The Bertz CT molecular complexity index is 1300. The number of ether oxygens (including phenoxy) is 1. The van der Waals surface area contributed by atoms with Crippen LogP contribution in [0.5, 0.6) is 0 Å². The van der Waals surface area contributed by atoms with Gasteiger partial charge in [0.1, 0.15) is 5.76 Å². The number of carbonyl (C=O) groups excluding carboxylic acids is 1. The van der Waals surface area contributed by atoms with Gasteiger partial charge in [-0.05, 0) is 75.2 Å². The van der Waals surface area contributed by atoms with Crippen LogP contribution in [0.4, 0.5) is 5.95 Å². The van der Waals surface area contributed by atoms with Crippen molar-refractivity contribution in [3.05, 3.63) is 65.6 Å². The van der Waals surface area contributed by atoms with Crippen LogP contribution in [0, 0.1) is 12.8 Å². The molecule has 1 aromatic carbocycles. The van der Waals surface area contributed by atoms with Crippen molar-refractivity contribution < 1.29 is 18.6 Å². The van der Waals surface area contributed by atoms with Crippen LogP contribution >= 0.6 is 0 Å². The molecule has 194 valence electrons. The Balaban J connectivity index is 1.21. The Labute approximate surface area is 216 Å². The summed E-state index contributed by atoms with van der Waals surface area (Å²) in [5.41, 5.74) is 1.24. The molecule has 3 aromatic rings. The van der Waals surface area contributed by atoms with Gasteiger partial charge in [-0.15, -0.1) is 0 Å². The summed E-state index contributed by atoms with van der Waals surface area (Å²) in [6.45, 7) is 8.33. The van der Waals surface area contributed by atoms with Crippen molar-refractivity contribution in [2.45, 2.75) is 71.4 Å². The molecule has 0 bridgehead atoms. The van der Waals surface area contributed by atoms with Gasteiger partial charge in [0.15, 0.2) is 11.4 Å². The van der Waals surface area contributed by atoms with Crippen molar-refractivity contribution in [1.82, 2.24) is 20.3 Å². The third-order valence-corrected chi connectivity index (χ3v) is 6.90. The zero-order valence-corrected chi connectivity index (χ0v) is 21.8. The molecule has 1 saturated carbocycles. The minimum Gasteiger partial charge on any atom is -0.480 e. The highest BCUT2D eigenvalue weighted by Crippen LogP contribution is 2.39. The van der Waals surface area contributed by atoms with E-state index >= 15 is 0 Å². The number of benzene rings is 1. The first-order valence-corrected chi connectivity index (χ1v) is 12.8. The summed E-state index contributed by atoms with van der Waals surface area (Å²) in [5.74, 6) is 4.02. The molecule has 1 atom stereocenters. The molecule has 5 rings (SSSR count). The fourth-order valence-corrected chi connectivity index (χ4v) is 4.12. The molecule has 0 amide bonds. The van der Waals surface area contributed by atoms with E-state index in [4.69, 9.17) is 13.8 Å². The molecule has 0 unspecified atom stereocenters. The van der Waals surface area contributed by atoms with Gasteiger partial charge in [-0.3, -0.25) is 4.79 Å². The Morgan fingerprint density at radius 3 is 2.54 bits per heavy atom. The van der Waals surface area contributed by atoms with Crippen LogP contribution in [0.15, 0.2) is 57.3 Å². The number of hydrogen-bond donors (Lipinski definition) is 0. The number of nitrogens with zero attached hydrogens (tertiary/aromatic N) is 5. The lowest BCUT2D eigenvalue weighted by atomic mass is 9.96. The van der Waals surface area contributed by atoms with Crippen LogP contribution in [0.25, 0.3) is 11.4 Å². The lowest BCUT2D eigenvalue weighted by Gasteiger charge is -2.27. The van der Waals surface area contributed by atoms with Gasteiger partial charge in [0.2, 0.25) is 17.6 Å². The van der Waals surface area contributed by atoms with Crippen LogP contribution in [0.3, 0.4) is 0 Å². The monoisotopic (exact) mass is 503 g/mol. The summed E-state index contributed by atoms with van der Waals surface area (Å²) in [7, 11) is 0. The molecule has 2 aliphatic carbocycles. The molecule has 2 aliphatic rings. The van der Waals surface area contributed by atoms with E-state index in [-0.39, 0.29) is 5.78 Å². The number of allylic oxidation sites excluding steroid dienone is 3. The molecule has 0 N–H and O–H groups in total. The predicted molar refractivity (Wildman–Crippen MR) is 138 cm³/mol. The second-order valence-corrected chi connectivity index (χ2v) is 10.4. The fourth-order valence-electron chi connectivity index (χ4n) is 4.12. The predicted octanol–water partition coefficient (Wildman–Crippen LogP) is 5.55. The number of ketones is 1. The second-order valence-electron chi connectivity index (χ2n) is 10.4. The summed E-state index contributed by atoms with van der Waals surface area (Å²) in [5, 5.41) is 8.30. The third kappa shape index (κ3) is 6.15. The van der Waals surface area contributed by atoms with Crippen molar-refractivity contribution in [1.29, 1.82) is 0 Å². The normalized spacial score (nSPS) is 17.5. The van der Waals surface area contributed by atoms with E-state index in [1.165, 1.54) is 0 Å². The van der Waals surface area contributed by atoms with Gasteiger partial charge in [-0.1, -0.05) is 35.5 Å². The molecular weight excluding hydrogens is 470 g/mol. The topological polar surface area (TPSA) is 107 Å². The molecule has 9 nitrogen and oxygen atoms in total. The smallest absolute Gasteiger partial charge is 0.266 e. The van der Waals surface area contributed by atoms with Gasteiger partial charge in [-0.25, -0.2) is 0 Å². The Hall–Kier alpha value is -3.75. The molecule has 0 radical (unpaired) electrons. The maximum absolute atomic E-state index is 11.8. The van der Waals surface area contributed by atoms with Gasteiger partial charge < -0.3 is 18.7 Å². The summed E-state index contributed by atoms with van der Waals surface area (Å²) in [6, 6.07) is 8.20. The molecule has 0 aliphatic heterocycles. The largest absolute Gasteiger partial charge is 0.480 e. The van der Waals surface area contributed by atoms with Crippen LogP contribution in [0.1, 0.15) is 69.7 Å². The standard InChI is InChI=1S/C28H33N5O4/c1-18(34)28(3,4)35-24-13-7-20(8-14-24)15-16-33(27-29-19(2)36-32-27)17-21-5-9-22(10-6-21)25-30-26(37-31-25)23-11-12-23/h5-7,9-10,13-14,20,23H,8,11-12,15-17H2,1-4H3/t20-/m1/s1. The van der Waals surface area contributed by atoms with E-state index < -0.39 is 5.60 Å². The number of aromatic nitrogens is 4.